The quantitative estimate of drug-likeness (QED) is 0.447. The second-order valence-electron chi connectivity index (χ2n) is 6.48. The van der Waals surface area contributed by atoms with Crippen molar-refractivity contribution in [2.75, 3.05) is 5.32 Å². The molecular weight excluding hydrogens is 393 g/mol. The number of pyridine rings is 1. The number of nitrogens with zero attached hydrogens (tertiary/aromatic N) is 2. The minimum Gasteiger partial charge on any atom is -0.326 e. The molecule has 0 aliphatic rings. The van der Waals surface area contributed by atoms with Crippen LogP contribution in [-0.2, 0) is 11.2 Å². The number of rotatable bonds is 5. The normalized spacial score (nSPS) is 10.9. The van der Waals surface area contributed by atoms with Crippen LogP contribution in [0.1, 0.15) is 12.0 Å². The van der Waals surface area contributed by atoms with Gasteiger partial charge in [-0.05, 0) is 30.2 Å². The van der Waals surface area contributed by atoms with E-state index in [1.54, 1.807) is 16.7 Å². The Morgan fingerprint density at radius 2 is 1.82 bits per heavy atom. The first-order chi connectivity index (χ1) is 13.6. The lowest BCUT2D eigenvalue weighted by Gasteiger charge is -2.07. The van der Waals surface area contributed by atoms with Crippen LogP contribution < -0.4 is 5.32 Å². The van der Waals surface area contributed by atoms with Crippen molar-refractivity contribution >= 4 is 40.4 Å². The molecule has 28 heavy (non-hydrogen) atoms. The molecule has 4 aromatic rings. The van der Waals surface area contributed by atoms with Crippen LogP contribution in [0, 0.1) is 0 Å². The second-order valence-corrected chi connectivity index (χ2v) is 7.32. The largest absolute Gasteiger partial charge is 0.326 e. The summed E-state index contributed by atoms with van der Waals surface area (Å²) in [7, 11) is 0. The summed E-state index contributed by atoms with van der Waals surface area (Å²) in [6, 6.07) is 19.2. The highest BCUT2D eigenvalue weighted by molar-refractivity contribution is 6.36. The van der Waals surface area contributed by atoms with Crippen molar-refractivity contribution in [3.05, 3.63) is 88.7 Å². The van der Waals surface area contributed by atoms with E-state index in [1.165, 1.54) is 0 Å². The lowest BCUT2D eigenvalue weighted by Crippen LogP contribution is -2.12. The standard InChI is InChI=1S/C22H17Cl2N3O/c23-17-12-19(24)22-26-20(14-27(22)13-17)16-7-4-8-18(11-16)25-21(28)10-9-15-5-2-1-3-6-15/h1-8,11-14H,9-10H2,(H,25,28). The molecule has 0 bridgehead atoms. The molecule has 140 valence electrons. The van der Waals surface area contributed by atoms with Crippen molar-refractivity contribution in [2.24, 2.45) is 0 Å². The predicted molar refractivity (Wildman–Crippen MR) is 114 cm³/mol. The summed E-state index contributed by atoms with van der Waals surface area (Å²) < 4.78 is 1.80. The van der Waals surface area contributed by atoms with Gasteiger partial charge in [-0.25, -0.2) is 4.98 Å². The lowest BCUT2D eigenvalue weighted by molar-refractivity contribution is -0.116. The Hall–Kier alpha value is -2.82. The zero-order valence-corrected chi connectivity index (χ0v) is 16.4. The maximum absolute atomic E-state index is 12.3. The number of fused-ring (bicyclic) bond motifs is 1. The number of carbonyl (C=O) groups excluding carboxylic acids is 1. The van der Waals surface area contributed by atoms with Crippen LogP contribution in [0.25, 0.3) is 16.9 Å². The van der Waals surface area contributed by atoms with E-state index in [4.69, 9.17) is 23.2 Å². The van der Waals surface area contributed by atoms with Crippen LogP contribution in [0.3, 0.4) is 0 Å². The Morgan fingerprint density at radius 3 is 2.64 bits per heavy atom. The van der Waals surface area contributed by atoms with E-state index in [0.717, 1.165) is 22.5 Å². The van der Waals surface area contributed by atoms with Crippen molar-refractivity contribution in [3.8, 4) is 11.3 Å². The molecule has 0 saturated heterocycles. The molecule has 2 heterocycles. The molecule has 0 atom stereocenters. The number of nitrogens with one attached hydrogen (secondary N) is 1. The van der Waals surface area contributed by atoms with Gasteiger partial charge >= 0.3 is 0 Å². The number of halogens is 2. The van der Waals surface area contributed by atoms with Crippen LogP contribution in [0.5, 0.6) is 0 Å². The first-order valence-corrected chi connectivity index (χ1v) is 9.62. The monoisotopic (exact) mass is 409 g/mol. The number of imidazole rings is 1. The van der Waals surface area contributed by atoms with Gasteiger partial charge in [0.05, 0.1) is 15.7 Å². The molecule has 0 radical (unpaired) electrons. The van der Waals surface area contributed by atoms with Gasteiger partial charge in [-0.15, -0.1) is 0 Å². The molecule has 0 aliphatic heterocycles. The van der Waals surface area contributed by atoms with Crippen molar-refractivity contribution in [3.63, 3.8) is 0 Å². The van der Waals surface area contributed by atoms with Crippen LogP contribution in [0.2, 0.25) is 10.0 Å². The Morgan fingerprint density at radius 1 is 1.00 bits per heavy atom. The number of aromatic nitrogens is 2. The molecule has 0 aliphatic carbocycles. The maximum atomic E-state index is 12.3. The van der Waals surface area contributed by atoms with Gasteiger partial charge in [-0.2, -0.15) is 0 Å². The molecule has 0 unspecified atom stereocenters. The van der Waals surface area contributed by atoms with E-state index in [-0.39, 0.29) is 5.91 Å². The molecule has 0 fully saturated rings. The Balaban J connectivity index is 1.50. The number of benzene rings is 2. The fraction of sp³-hybridized carbons (Fsp3) is 0.0909. The number of amides is 1. The minimum atomic E-state index is -0.0224. The molecular formula is C22H17Cl2N3O. The van der Waals surface area contributed by atoms with Gasteiger partial charge in [0.15, 0.2) is 5.65 Å². The third kappa shape index (κ3) is 4.19. The summed E-state index contributed by atoms with van der Waals surface area (Å²) in [6.45, 7) is 0. The molecule has 0 spiro atoms. The first kappa shape index (κ1) is 18.5. The Bertz CT molecular complexity index is 1140. The number of hydrogen-bond donors (Lipinski definition) is 1. The van der Waals surface area contributed by atoms with E-state index in [2.05, 4.69) is 10.3 Å². The van der Waals surface area contributed by atoms with Crippen LogP contribution in [-0.4, -0.2) is 15.3 Å². The summed E-state index contributed by atoms with van der Waals surface area (Å²) in [4.78, 5) is 16.9. The van der Waals surface area contributed by atoms with Crippen molar-refractivity contribution in [1.29, 1.82) is 0 Å². The molecule has 4 nitrogen and oxygen atoms in total. The summed E-state index contributed by atoms with van der Waals surface area (Å²) in [6.07, 6.45) is 4.76. The summed E-state index contributed by atoms with van der Waals surface area (Å²) in [5.74, 6) is -0.0224. The van der Waals surface area contributed by atoms with Crippen molar-refractivity contribution in [1.82, 2.24) is 9.38 Å². The van der Waals surface area contributed by atoms with Crippen LogP contribution in [0.4, 0.5) is 5.69 Å². The van der Waals surface area contributed by atoms with Gasteiger partial charge in [0.1, 0.15) is 0 Å². The van der Waals surface area contributed by atoms with Gasteiger partial charge in [0.25, 0.3) is 0 Å². The SMILES string of the molecule is O=C(CCc1ccccc1)Nc1cccc(-c2cn3cc(Cl)cc(Cl)c3n2)c1. The number of carbonyl (C=O) groups is 1. The van der Waals surface area contributed by atoms with E-state index in [9.17, 15) is 4.79 Å². The average molecular weight is 410 g/mol. The van der Waals surface area contributed by atoms with E-state index < -0.39 is 0 Å². The summed E-state index contributed by atoms with van der Waals surface area (Å²) in [5, 5.41) is 3.99. The smallest absolute Gasteiger partial charge is 0.224 e. The van der Waals surface area contributed by atoms with Gasteiger partial charge in [-0.1, -0.05) is 65.7 Å². The summed E-state index contributed by atoms with van der Waals surface area (Å²) in [5.41, 5.74) is 4.16. The highest BCUT2D eigenvalue weighted by atomic mass is 35.5. The average Bonchev–Trinajstić information content (AvgIpc) is 3.12. The minimum absolute atomic E-state index is 0.0224. The Kier molecular flexibility index (Phi) is 5.33. The zero-order valence-electron chi connectivity index (χ0n) is 14.9. The van der Waals surface area contributed by atoms with Crippen molar-refractivity contribution < 1.29 is 4.79 Å². The maximum Gasteiger partial charge on any atom is 0.224 e. The molecule has 1 N–H and O–H groups in total. The molecule has 1 amide bonds. The molecule has 2 aromatic carbocycles. The van der Waals surface area contributed by atoms with Gasteiger partial charge in [0.2, 0.25) is 5.91 Å². The van der Waals surface area contributed by atoms with Crippen LogP contribution in [0.15, 0.2) is 73.1 Å². The number of anilines is 1. The Labute approximate surface area is 172 Å². The zero-order chi connectivity index (χ0) is 19.5. The highest BCUT2D eigenvalue weighted by Crippen LogP contribution is 2.27. The topological polar surface area (TPSA) is 46.4 Å². The van der Waals surface area contributed by atoms with Gasteiger partial charge in [0, 0.05) is 30.1 Å². The molecule has 0 saturated carbocycles. The predicted octanol–water partition coefficient (Wildman–Crippen LogP) is 5.88. The van der Waals surface area contributed by atoms with E-state index in [1.807, 2.05) is 60.8 Å². The lowest BCUT2D eigenvalue weighted by atomic mass is 10.1. The second kappa shape index (κ2) is 8.05. The molecule has 4 rings (SSSR count). The van der Waals surface area contributed by atoms with Crippen LogP contribution >= 0.6 is 23.2 Å². The molecule has 6 heteroatoms. The number of hydrogen-bond acceptors (Lipinski definition) is 2. The third-order valence-corrected chi connectivity index (χ3v) is 4.88. The van der Waals surface area contributed by atoms with Gasteiger partial charge < -0.3 is 9.72 Å². The fourth-order valence-electron chi connectivity index (χ4n) is 3.05. The summed E-state index contributed by atoms with van der Waals surface area (Å²) >= 11 is 12.3. The number of aryl methyl sites for hydroxylation is 1. The van der Waals surface area contributed by atoms with E-state index >= 15 is 0 Å². The van der Waals surface area contributed by atoms with E-state index in [0.29, 0.717) is 28.5 Å². The fourth-order valence-corrected chi connectivity index (χ4v) is 3.57. The van der Waals surface area contributed by atoms with Gasteiger partial charge in [-0.3, -0.25) is 4.79 Å². The third-order valence-electron chi connectivity index (χ3n) is 4.40. The molecule has 2 aromatic heterocycles. The highest BCUT2D eigenvalue weighted by Gasteiger charge is 2.10. The van der Waals surface area contributed by atoms with Crippen molar-refractivity contribution in [2.45, 2.75) is 12.8 Å². The first-order valence-electron chi connectivity index (χ1n) is 8.86.